The number of nitrogens with zero attached hydrogens (tertiary/aromatic N) is 2. The fourth-order valence-corrected chi connectivity index (χ4v) is 3.27. The molecule has 0 atom stereocenters. The van der Waals surface area contributed by atoms with E-state index in [1.165, 1.54) is 12.8 Å². The van der Waals surface area contributed by atoms with E-state index in [4.69, 9.17) is 5.73 Å². The molecule has 0 unspecified atom stereocenters. The van der Waals surface area contributed by atoms with Crippen molar-refractivity contribution in [3.05, 3.63) is 0 Å². The van der Waals surface area contributed by atoms with Crippen LogP contribution in [0.2, 0.25) is 0 Å². The molecule has 4 heteroatoms. The van der Waals surface area contributed by atoms with Crippen molar-refractivity contribution in [1.82, 2.24) is 9.80 Å². The van der Waals surface area contributed by atoms with Gasteiger partial charge in [-0.05, 0) is 51.1 Å². The summed E-state index contributed by atoms with van der Waals surface area (Å²) in [5.41, 5.74) is 5.54. The SMILES string of the molecule is CC1CCC(C(=O)N2CCN(CCCN)CC2)CC1. The third-order valence-corrected chi connectivity index (χ3v) is 4.73. The van der Waals surface area contributed by atoms with E-state index >= 15 is 0 Å². The molecule has 1 aliphatic heterocycles. The molecule has 110 valence electrons. The summed E-state index contributed by atoms with van der Waals surface area (Å²) in [4.78, 5) is 17.0. The smallest absolute Gasteiger partial charge is 0.225 e. The minimum Gasteiger partial charge on any atom is -0.340 e. The second-order valence-electron chi connectivity index (χ2n) is 6.27. The molecule has 0 spiro atoms. The summed E-state index contributed by atoms with van der Waals surface area (Å²) >= 11 is 0. The molecule has 0 bridgehead atoms. The van der Waals surface area contributed by atoms with Crippen LogP contribution in [0.5, 0.6) is 0 Å². The molecule has 1 aliphatic carbocycles. The third-order valence-electron chi connectivity index (χ3n) is 4.73. The number of nitrogens with two attached hydrogens (primary N) is 1. The highest BCUT2D eigenvalue weighted by Crippen LogP contribution is 2.29. The Kier molecular flexibility index (Phi) is 5.64. The summed E-state index contributed by atoms with van der Waals surface area (Å²) in [5, 5.41) is 0. The predicted octanol–water partition coefficient (Wildman–Crippen LogP) is 1.31. The molecule has 0 aromatic carbocycles. The van der Waals surface area contributed by atoms with Gasteiger partial charge in [-0.2, -0.15) is 0 Å². The van der Waals surface area contributed by atoms with Gasteiger partial charge < -0.3 is 10.6 Å². The highest BCUT2D eigenvalue weighted by atomic mass is 16.2. The van der Waals surface area contributed by atoms with Crippen molar-refractivity contribution in [2.24, 2.45) is 17.6 Å². The Morgan fingerprint density at radius 1 is 1.11 bits per heavy atom. The zero-order valence-corrected chi connectivity index (χ0v) is 12.3. The molecule has 19 heavy (non-hydrogen) atoms. The molecule has 1 saturated carbocycles. The molecule has 4 nitrogen and oxygen atoms in total. The molecule has 1 saturated heterocycles. The van der Waals surface area contributed by atoms with E-state index in [0.29, 0.717) is 11.8 Å². The Labute approximate surface area is 117 Å². The van der Waals surface area contributed by atoms with E-state index in [-0.39, 0.29) is 0 Å². The lowest BCUT2D eigenvalue weighted by Gasteiger charge is -2.37. The molecule has 2 rings (SSSR count). The van der Waals surface area contributed by atoms with Crippen molar-refractivity contribution in [2.75, 3.05) is 39.3 Å². The third kappa shape index (κ3) is 4.18. The molecule has 1 amide bonds. The summed E-state index contributed by atoms with van der Waals surface area (Å²) < 4.78 is 0. The topological polar surface area (TPSA) is 49.6 Å². The van der Waals surface area contributed by atoms with Crippen LogP contribution in [0.15, 0.2) is 0 Å². The van der Waals surface area contributed by atoms with Crippen LogP contribution in [0.1, 0.15) is 39.0 Å². The standard InChI is InChI=1S/C15H29N3O/c1-13-3-5-14(6-4-13)15(19)18-11-9-17(10-12-18)8-2-7-16/h13-14H,2-12,16H2,1H3. The van der Waals surface area contributed by atoms with Crippen molar-refractivity contribution in [1.29, 1.82) is 0 Å². The van der Waals surface area contributed by atoms with Gasteiger partial charge >= 0.3 is 0 Å². The van der Waals surface area contributed by atoms with E-state index in [9.17, 15) is 4.79 Å². The molecule has 0 radical (unpaired) electrons. The van der Waals surface area contributed by atoms with Crippen LogP contribution >= 0.6 is 0 Å². The Morgan fingerprint density at radius 2 is 1.74 bits per heavy atom. The van der Waals surface area contributed by atoms with Gasteiger partial charge in [0.2, 0.25) is 5.91 Å². The van der Waals surface area contributed by atoms with Crippen molar-refractivity contribution in [3.63, 3.8) is 0 Å². The number of carbonyl (C=O) groups is 1. The first-order chi connectivity index (χ1) is 9.20. The van der Waals surface area contributed by atoms with Gasteiger partial charge in [-0.15, -0.1) is 0 Å². The van der Waals surface area contributed by atoms with Gasteiger partial charge in [0.25, 0.3) is 0 Å². The van der Waals surface area contributed by atoms with Gasteiger partial charge in [0.15, 0.2) is 0 Å². The number of piperazine rings is 1. The summed E-state index contributed by atoms with van der Waals surface area (Å²) in [5.74, 6) is 1.55. The maximum Gasteiger partial charge on any atom is 0.225 e. The minimum absolute atomic E-state index is 0.312. The van der Waals surface area contributed by atoms with Crippen LogP contribution in [0.25, 0.3) is 0 Å². The molecule has 1 heterocycles. The Bertz CT molecular complexity index is 279. The summed E-state index contributed by atoms with van der Waals surface area (Å²) in [7, 11) is 0. The number of hydrogen-bond donors (Lipinski definition) is 1. The normalized spacial score (nSPS) is 29.5. The number of rotatable bonds is 4. The first-order valence-corrected chi connectivity index (χ1v) is 7.92. The molecular weight excluding hydrogens is 238 g/mol. The van der Waals surface area contributed by atoms with Crippen molar-refractivity contribution in [3.8, 4) is 0 Å². The van der Waals surface area contributed by atoms with E-state index in [0.717, 1.165) is 64.4 Å². The fourth-order valence-electron chi connectivity index (χ4n) is 3.27. The molecule has 0 aromatic rings. The van der Waals surface area contributed by atoms with Crippen LogP contribution in [0, 0.1) is 11.8 Å². The van der Waals surface area contributed by atoms with Crippen LogP contribution in [0.3, 0.4) is 0 Å². The predicted molar refractivity (Wildman–Crippen MR) is 77.8 cm³/mol. The lowest BCUT2D eigenvalue weighted by atomic mass is 9.82. The second-order valence-corrected chi connectivity index (χ2v) is 6.27. The minimum atomic E-state index is 0.312. The summed E-state index contributed by atoms with van der Waals surface area (Å²) in [6.45, 7) is 8.02. The van der Waals surface area contributed by atoms with Crippen molar-refractivity contribution in [2.45, 2.75) is 39.0 Å². The number of carbonyl (C=O) groups excluding carboxylic acids is 1. The zero-order chi connectivity index (χ0) is 13.7. The largest absolute Gasteiger partial charge is 0.340 e. The summed E-state index contributed by atoms with van der Waals surface area (Å²) in [6, 6.07) is 0. The Hall–Kier alpha value is -0.610. The molecule has 2 N–H and O–H groups in total. The van der Waals surface area contributed by atoms with Gasteiger partial charge in [-0.1, -0.05) is 6.92 Å². The Morgan fingerprint density at radius 3 is 2.32 bits per heavy atom. The van der Waals surface area contributed by atoms with E-state index in [1.807, 2.05) is 0 Å². The average Bonchev–Trinajstić information content (AvgIpc) is 2.46. The second kappa shape index (κ2) is 7.25. The highest BCUT2D eigenvalue weighted by Gasteiger charge is 2.29. The highest BCUT2D eigenvalue weighted by molar-refractivity contribution is 5.79. The quantitative estimate of drug-likeness (QED) is 0.835. The monoisotopic (exact) mass is 267 g/mol. The fraction of sp³-hybridized carbons (Fsp3) is 0.933. The first-order valence-electron chi connectivity index (χ1n) is 7.92. The number of amides is 1. The molecule has 2 fully saturated rings. The van der Waals surface area contributed by atoms with E-state index in [1.54, 1.807) is 0 Å². The van der Waals surface area contributed by atoms with Gasteiger partial charge in [0.1, 0.15) is 0 Å². The summed E-state index contributed by atoms with van der Waals surface area (Å²) in [6.07, 6.45) is 5.73. The first kappa shape index (κ1) is 14.8. The lowest BCUT2D eigenvalue weighted by Crippen LogP contribution is -2.50. The molecular formula is C15H29N3O. The van der Waals surface area contributed by atoms with Crippen LogP contribution in [-0.4, -0.2) is 55.0 Å². The van der Waals surface area contributed by atoms with Crippen molar-refractivity contribution >= 4 is 5.91 Å². The van der Waals surface area contributed by atoms with E-state index in [2.05, 4.69) is 16.7 Å². The maximum atomic E-state index is 12.5. The average molecular weight is 267 g/mol. The zero-order valence-electron chi connectivity index (χ0n) is 12.3. The van der Waals surface area contributed by atoms with Crippen LogP contribution in [-0.2, 0) is 4.79 Å². The maximum absolute atomic E-state index is 12.5. The molecule has 0 aromatic heterocycles. The van der Waals surface area contributed by atoms with E-state index < -0.39 is 0 Å². The van der Waals surface area contributed by atoms with Crippen LogP contribution in [0.4, 0.5) is 0 Å². The van der Waals surface area contributed by atoms with Crippen molar-refractivity contribution < 1.29 is 4.79 Å². The number of hydrogen-bond acceptors (Lipinski definition) is 3. The van der Waals surface area contributed by atoms with Gasteiger partial charge in [0.05, 0.1) is 0 Å². The van der Waals surface area contributed by atoms with Gasteiger partial charge in [0, 0.05) is 32.1 Å². The molecule has 2 aliphatic rings. The van der Waals surface area contributed by atoms with Gasteiger partial charge in [-0.25, -0.2) is 0 Å². The lowest BCUT2D eigenvalue weighted by molar-refractivity contribution is -0.138. The van der Waals surface area contributed by atoms with Crippen LogP contribution < -0.4 is 5.73 Å². The van der Waals surface area contributed by atoms with Gasteiger partial charge in [-0.3, -0.25) is 9.69 Å². The Balaban J connectivity index is 1.73.